The van der Waals surface area contributed by atoms with Crippen LogP contribution in [0.4, 0.5) is 10.5 Å². The molecule has 2 atom stereocenters. The smallest absolute Gasteiger partial charge is 0.319 e. The van der Waals surface area contributed by atoms with Crippen molar-refractivity contribution in [3.8, 4) is 5.75 Å². The summed E-state index contributed by atoms with van der Waals surface area (Å²) in [4.78, 5) is 22.9. The molecule has 0 saturated carbocycles. The number of hydrogen-bond acceptors (Lipinski definition) is 4. The minimum atomic E-state index is -0.192. The van der Waals surface area contributed by atoms with E-state index in [-0.39, 0.29) is 30.5 Å². The number of rotatable bonds is 4. The number of fused-ring (bicyclic) bond motifs is 1. The van der Waals surface area contributed by atoms with Gasteiger partial charge in [-0.25, -0.2) is 9.78 Å². The molecule has 1 aliphatic heterocycles. The number of amides is 2. The molecule has 4 rings (SSSR count). The van der Waals surface area contributed by atoms with Crippen LogP contribution < -0.4 is 15.4 Å². The summed E-state index contributed by atoms with van der Waals surface area (Å²) in [6, 6.07) is 15.4. The quantitative estimate of drug-likeness (QED) is 0.602. The molecule has 2 amide bonds. The first-order valence-electron chi connectivity index (χ1n) is 9.49. The molecular weight excluding hydrogens is 390 g/mol. The third kappa shape index (κ3) is 4.81. The summed E-state index contributed by atoms with van der Waals surface area (Å²) < 4.78 is 5.14. The molecule has 1 aromatic heterocycles. The minimum Gasteiger partial charge on any atom is -0.497 e. The van der Waals surface area contributed by atoms with Gasteiger partial charge in [0.15, 0.2) is 0 Å². The summed E-state index contributed by atoms with van der Waals surface area (Å²) in [5.41, 5.74) is 2.75. The van der Waals surface area contributed by atoms with E-state index in [0.29, 0.717) is 0 Å². The van der Waals surface area contributed by atoms with Gasteiger partial charge in [0, 0.05) is 18.3 Å². The van der Waals surface area contributed by atoms with E-state index in [1.54, 1.807) is 7.11 Å². The molecule has 1 fully saturated rings. The van der Waals surface area contributed by atoms with E-state index in [0.717, 1.165) is 47.7 Å². The second kappa shape index (κ2) is 9.15. The number of imidazole rings is 1. The van der Waals surface area contributed by atoms with Gasteiger partial charge < -0.3 is 20.4 Å². The Morgan fingerprint density at radius 3 is 2.69 bits per heavy atom. The number of anilines is 1. The van der Waals surface area contributed by atoms with Crippen molar-refractivity contribution in [3.63, 3.8) is 0 Å². The van der Waals surface area contributed by atoms with Gasteiger partial charge in [-0.05, 0) is 56.3 Å². The number of hydrogen-bond donors (Lipinski definition) is 3. The first-order valence-corrected chi connectivity index (χ1v) is 9.49. The Bertz CT molecular complexity index is 926. The summed E-state index contributed by atoms with van der Waals surface area (Å²) >= 11 is 0. The number of nitrogens with zero attached hydrogens (tertiary/aromatic N) is 2. The second-order valence-electron chi connectivity index (χ2n) is 7.18. The lowest BCUT2D eigenvalue weighted by atomic mass is 9.97. The molecule has 0 aliphatic carbocycles. The zero-order valence-electron chi connectivity index (χ0n) is 16.5. The van der Waals surface area contributed by atoms with Gasteiger partial charge in [0.05, 0.1) is 24.2 Å². The SMILES string of the molecule is COc1ccc(NC(=O)N[C@@H]2CCN(C)[C@@H](c3nc4ccccc4[nH]3)C2)cc1.Cl. The minimum absolute atomic E-state index is 0. The van der Waals surface area contributed by atoms with Gasteiger partial charge in [-0.3, -0.25) is 4.90 Å². The van der Waals surface area contributed by atoms with Gasteiger partial charge >= 0.3 is 6.03 Å². The van der Waals surface area contributed by atoms with Crippen molar-refractivity contribution in [1.82, 2.24) is 20.2 Å². The number of methoxy groups -OCH3 is 1. The van der Waals surface area contributed by atoms with E-state index in [1.165, 1.54) is 0 Å². The zero-order valence-corrected chi connectivity index (χ0v) is 17.3. The van der Waals surface area contributed by atoms with Crippen LogP contribution in [0.15, 0.2) is 48.5 Å². The maximum absolute atomic E-state index is 12.4. The topological polar surface area (TPSA) is 82.3 Å². The highest BCUT2D eigenvalue weighted by Gasteiger charge is 2.30. The van der Waals surface area contributed by atoms with Gasteiger partial charge in [-0.15, -0.1) is 12.4 Å². The number of aromatic nitrogens is 2. The molecule has 7 nitrogen and oxygen atoms in total. The first kappa shape index (κ1) is 21.0. The summed E-state index contributed by atoms with van der Waals surface area (Å²) in [5, 5.41) is 5.99. The van der Waals surface area contributed by atoms with Gasteiger partial charge in [-0.2, -0.15) is 0 Å². The molecule has 1 aliphatic rings. The number of benzene rings is 2. The standard InChI is InChI=1S/C21H25N5O2.ClH/c1-26-12-11-15(23-21(27)22-14-7-9-16(28-2)10-8-14)13-19(26)20-24-17-5-3-4-6-18(17)25-20;/h3-10,15,19H,11-13H2,1-2H3,(H,24,25)(H2,22,23,27);1H/t15-,19-;/m1./s1. The molecular formula is C21H26ClN5O2. The van der Waals surface area contributed by atoms with Crippen LogP contribution >= 0.6 is 12.4 Å². The lowest BCUT2D eigenvalue weighted by Crippen LogP contribution is -2.46. The molecule has 2 aromatic carbocycles. The van der Waals surface area contributed by atoms with E-state index >= 15 is 0 Å². The fraction of sp³-hybridized carbons (Fsp3) is 0.333. The maximum Gasteiger partial charge on any atom is 0.319 e. The zero-order chi connectivity index (χ0) is 19.5. The fourth-order valence-electron chi connectivity index (χ4n) is 3.69. The number of halogens is 1. The van der Waals surface area contributed by atoms with Gasteiger partial charge in [0.25, 0.3) is 0 Å². The molecule has 0 radical (unpaired) electrons. The van der Waals surface area contributed by atoms with E-state index in [2.05, 4.69) is 27.6 Å². The van der Waals surface area contributed by atoms with Crippen molar-refractivity contribution < 1.29 is 9.53 Å². The number of para-hydroxylation sites is 2. The Kier molecular flexibility index (Phi) is 6.61. The van der Waals surface area contributed by atoms with Crippen LogP contribution in [0.2, 0.25) is 0 Å². The lowest BCUT2D eigenvalue weighted by molar-refractivity contribution is 0.153. The van der Waals surface area contributed by atoms with Gasteiger partial charge in [0.1, 0.15) is 11.6 Å². The van der Waals surface area contributed by atoms with Crippen molar-refractivity contribution in [2.45, 2.75) is 24.9 Å². The van der Waals surface area contributed by atoms with E-state index in [9.17, 15) is 4.79 Å². The van der Waals surface area contributed by atoms with Crippen molar-refractivity contribution >= 4 is 35.2 Å². The second-order valence-corrected chi connectivity index (χ2v) is 7.18. The number of H-pyrrole nitrogens is 1. The number of likely N-dealkylation sites (tertiary alicyclic amines) is 1. The molecule has 0 bridgehead atoms. The summed E-state index contributed by atoms with van der Waals surface area (Å²) in [7, 11) is 3.72. The average molecular weight is 416 g/mol. The number of carbonyl (C=O) groups is 1. The summed E-state index contributed by atoms with van der Waals surface area (Å²) in [6.07, 6.45) is 1.72. The number of carbonyl (C=O) groups excluding carboxylic acids is 1. The van der Waals surface area contributed by atoms with Crippen molar-refractivity contribution in [1.29, 1.82) is 0 Å². The number of aromatic amines is 1. The Morgan fingerprint density at radius 1 is 1.21 bits per heavy atom. The highest BCUT2D eigenvalue weighted by Crippen LogP contribution is 2.29. The fourth-order valence-corrected chi connectivity index (χ4v) is 3.69. The predicted octanol–water partition coefficient (Wildman–Crippen LogP) is 3.95. The van der Waals surface area contributed by atoms with E-state index in [1.807, 2.05) is 48.5 Å². The molecule has 3 aromatic rings. The van der Waals surface area contributed by atoms with Crippen LogP contribution in [-0.4, -0.2) is 47.6 Å². The Hall–Kier alpha value is -2.77. The van der Waals surface area contributed by atoms with Gasteiger partial charge in [0.2, 0.25) is 0 Å². The monoisotopic (exact) mass is 415 g/mol. The van der Waals surface area contributed by atoms with Crippen molar-refractivity contribution in [2.75, 3.05) is 26.0 Å². The third-order valence-corrected chi connectivity index (χ3v) is 5.28. The third-order valence-electron chi connectivity index (χ3n) is 5.28. The van der Waals surface area contributed by atoms with Crippen LogP contribution in [0.5, 0.6) is 5.75 Å². The van der Waals surface area contributed by atoms with E-state index < -0.39 is 0 Å². The maximum atomic E-state index is 12.4. The normalized spacial score (nSPS) is 19.4. The van der Waals surface area contributed by atoms with Crippen LogP contribution in [-0.2, 0) is 0 Å². The van der Waals surface area contributed by atoms with Crippen molar-refractivity contribution in [2.24, 2.45) is 0 Å². The molecule has 29 heavy (non-hydrogen) atoms. The Balaban J connectivity index is 0.00000240. The van der Waals surface area contributed by atoms with Crippen LogP contribution in [0.3, 0.4) is 0 Å². The largest absolute Gasteiger partial charge is 0.497 e. The molecule has 8 heteroatoms. The van der Waals surface area contributed by atoms with Crippen molar-refractivity contribution in [3.05, 3.63) is 54.4 Å². The molecule has 0 spiro atoms. The average Bonchev–Trinajstić information content (AvgIpc) is 3.14. The lowest BCUT2D eigenvalue weighted by Gasteiger charge is -2.36. The Labute approximate surface area is 176 Å². The number of piperidine rings is 1. The van der Waals surface area contributed by atoms with E-state index in [4.69, 9.17) is 9.72 Å². The van der Waals surface area contributed by atoms with Crippen LogP contribution in [0, 0.1) is 0 Å². The highest BCUT2D eigenvalue weighted by atomic mass is 35.5. The first-order chi connectivity index (χ1) is 13.6. The Morgan fingerprint density at radius 2 is 1.97 bits per heavy atom. The number of urea groups is 1. The molecule has 0 unspecified atom stereocenters. The number of ether oxygens (including phenoxy) is 1. The van der Waals surface area contributed by atoms with Crippen LogP contribution in [0.1, 0.15) is 24.7 Å². The predicted molar refractivity (Wildman–Crippen MR) is 117 cm³/mol. The highest BCUT2D eigenvalue weighted by molar-refractivity contribution is 5.89. The molecule has 2 heterocycles. The summed E-state index contributed by atoms with van der Waals surface area (Å²) in [6.45, 7) is 0.898. The van der Waals surface area contributed by atoms with Crippen LogP contribution in [0.25, 0.3) is 11.0 Å². The molecule has 3 N–H and O–H groups in total. The summed E-state index contributed by atoms with van der Waals surface area (Å²) in [5.74, 6) is 1.71. The van der Waals surface area contributed by atoms with Gasteiger partial charge in [-0.1, -0.05) is 12.1 Å². The number of nitrogens with one attached hydrogen (secondary N) is 3. The molecule has 1 saturated heterocycles. The molecule has 154 valence electrons.